The summed E-state index contributed by atoms with van der Waals surface area (Å²) < 4.78 is 5.64. The molecule has 1 aromatic heterocycles. The van der Waals surface area contributed by atoms with Crippen LogP contribution < -0.4 is 4.74 Å². The molecule has 2 rings (SSSR count). The fourth-order valence-corrected chi connectivity index (χ4v) is 2.35. The average Bonchev–Trinajstić information content (AvgIpc) is 2.90. The molecule has 1 heterocycles. The zero-order chi connectivity index (χ0) is 16.1. The first kappa shape index (κ1) is 16.0. The number of rotatable bonds is 7. The van der Waals surface area contributed by atoms with Crippen molar-refractivity contribution in [3.63, 3.8) is 0 Å². The molecule has 0 amide bonds. The minimum absolute atomic E-state index is 0.0428. The molecular formula is C16H21N3O3. The molecule has 0 radical (unpaired) electrons. The fourth-order valence-electron chi connectivity index (χ4n) is 2.35. The number of nitrogens with zero attached hydrogens (tertiary/aromatic N) is 2. The molecule has 0 aliphatic heterocycles. The first-order valence-electron chi connectivity index (χ1n) is 7.15. The van der Waals surface area contributed by atoms with Gasteiger partial charge in [-0.15, -0.1) is 0 Å². The third-order valence-corrected chi connectivity index (χ3v) is 3.20. The number of aromatic nitrogens is 2. The van der Waals surface area contributed by atoms with Gasteiger partial charge in [0.1, 0.15) is 11.8 Å². The van der Waals surface area contributed by atoms with Crippen LogP contribution in [0.25, 0.3) is 0 Å². The molecular weight excluding hydrogens is 282 g/mol. The Morgan fingerprint density at radius 2 is 2.18 bits per heavy atom. The van der Waals surface area contributed by atoms with Crippen LogP contribution in [0.15, 0.2) is 36.5 Å². The quantitative estimate of drug-likeness (QED) is 0.821. The van der Waals surface area contributed by atoms with Gasteiger partial charge in [-0.3, -0.25) is 14.8 Å². The van der Waals surface area contributed by atoms with Crippen LogP contribution in [-0.2, 0) is 11.3 Å². The minimum Gasteiger partial charge on any atom is -0.491 e. The smallest absolute Gasteiger partial charge is 0.325 e. The van der Waals surface area contributed by atoms with Gasteiger partial charge < -0.3 is 9.84 Å². The standard InChI is InChI=1S/C16H21N3O3/c1-11(2)22-14-6-4-5-12(9-14)15(16(20)21)19(3)10-13-7-8-17-18-13/h4-9,11,15H,10H2,1-3H3,(H,17,18)(H,20,21)/t15-/m0/s1. The summed E-state index contributed by atoms with van der Waals surface area (Å²) in [7, 11) is 1.77. The molecule has 0 fully saturated rings. The summed E-state index contributed by atoms with van der Waals surface area (Å²) in [5, 5.41) is 16.3. The third-order valence-electron chi connectivity index (χ3n) is 3.20. The second-order valence-corrected chi connectivity index (χ2v) is 5.48. The number of carbonyl (C=O) groups is 1. The summed E-state index contributed by atoms with van der Waals surface area (Å²) in [4.78, 5) is 13.4. The van der Waals surface area contributed by atoms with Crippen molar-refractivity contribution in [2.45, 2.75) is 32.5 Å². The molecule has 118 valence electrons. The largest absolute Gasteiger partial charge is 0.491 e. The summed E-state index contributed by atoms with van der Waals surface area (Å²) in [5.74, 6) is -0.225. The van der Waals surface area contributed by atoms with Gasteiger partial charge >= 0.3 is 5.97 Å². The van der Waals surface area contributed by atoms with Gasteiger partial charge in [0, 0.05) is 18.4 Å². The Kier molecular flexibility index (Phi) is 5.16. The summed E-state index contributed by atoms with van der Waals surface area (Å²) in [5.41, 5.74) is 1.55. The van der Waals surface area contributed by atoms with E-state index >= 15 is 0 Å². The van der Waals surface area contributed by atoms with Crippen LogP contribution in [0.2, 0.25) is 0 Å². The molecule has 6 nitrogen and oxygen atoms in total. The topological polar surface area (TPSA) is 78.5 Å². The van der Waals surface area contributed by atoms with Gasteiger partial charge in [-0.25, -0.2) is 0 Å². The maximum Gasteiger partial charge on any atom is 0.325 e. The van der Waals surface area contributed by atoms with E-state index in [1.807, 2.05) is 32.0 Å². The summed E-state index contributed by atoms with van der Waals surface area (Å²) in [6, 6.07) is 8.30. The molecule has 1 atom stereocenters. The van der Waals surface area contributed by atoms with E-state index in [0.717, 1.165) is 5.69 Å². The molecule has 0 unspecified atom stereocenters. The fraction of sp³-hybridized carbons (Fsp3) is 0.375. The molecule has 0 saturated heterocycles. The van der Waals surface area contributed by atoms with Crippen LogP contribution in [0.3, 0.4) is 0 Å². The first-order valence-corrected chi connectivity index (χ1v) is 7.15. The third kappa shape index (κ3) is 4.08. The van der Waals surface area contributed by atoms with Crippen molar-refractivity contribution >= 4 is 5.97 Å². The van der Waals surface area contributed by atoms with Gasteiger partial charge in [-0.2, -0.15) is 5.10 Å². The Balaban J connectivity index is 2.21. The number of ether oxygens (including phenoxy) is 1. The van der Waals surface area contributed by atoms with E-state index in [9.17, 15) is 9.90 Å². The highest BCUT2D eigenvalue weighted by molar-refractivity contribution is 5.75. The Labute approximate surface area is 129 Å². The van der Waals surface area contributed by atoms with E-state index in [4.69, 9.17) is 4.74 Å². The van der Waals surface area contributed by atoms with Crippen molar-refractivity contribution in [1.29, 1.82) is 0 Å². The van der Waals surface area contributed by atoms with Gasteiger partial charge in [0.2, 0.25) is 0 Å². The van der Waals surface area contributed by atoms with Crippen LogP contribution in [0.4, 0.5) is 0 Å². The molecule has 0 aliphatic rings. The normalized spacial score (nSPS) is 12.6. The van der Waals surface area contributed by atoms with E-state index < -0.39 is 12.0 Å². The number of H-pyrrole nitrogens is 1. The number of benzene rings is 1. The number of hydrogen-bond acceptors (Lipinski definition) is 4. The van der Waals surface area contributed by atoms with Crippen molar-refractivity contribution in [1.82, 2.24) is 15.1 Å². The van der Waals surface area contributed by atoms with Gasteiger partial charge in [0.25, 0.3) is 0 Å². The van der Waals surface area contributed by atoms with Gasteiger partial charge in [0.05, 0.1) is 6.10 Å². The average molecular weight is 303 g/mol. The van der Waals surface area contributed by atoms with Crippen LogP contribution in [0.5, 0.6) is 5.75 Å². The van der Waals surface area contributed by atoms with Crippen molar-refractivity contribution in [2.75, 3.05) is 7.05 Å². The highest BCUT2D eigenvalue weighted by Crippen LogP contribution is 2.25. The van der Waals surface area contributed by atoms with E-state index in [-0.39, 0.29) is 6.10 Å². The lowest BCUT2D eigenvalue weighted by Gasteiger charge is -2.25. The second kappa shape index (κ2) is 7.09. The highest BCUT2D eigenvalue weighted by Gasteiger charge is 2.25. The molecule has 6 heteroatoms. The zero-order valence-electron chi connectivity index (χ0n) is 13.0. The second-order valence-electron chi connectivity index (χ2n) is 5.48. The van der Waals surface area contributed by atoms with Gasteiger partial charge in [-0.1, -0.05) is 12.1 Å². The summed E-state index contributed by atoms with van der Waals surface area (Å²) in [6.07, 6.45) is 1.69. The molecule has 0 saturated carbocycles. The molecule has 0 aliphatic carbocycles. The number of aromatic amines is 1. The first-order chi connectivity index (χ1) is 10.5. The predicted octanol–water partition coefficient (Wildman–Crippen LogP) is 2.45. The molecule has 1 aromatic carbocycles. The van der Waals surface area contributed by atoms with Crippen molar-refractivity contribution < 1.29 is 14.6 Å². The molecule has 0 spiro atoms. The molecule has 2 aromatic rings. The SMILES string of the molecule is CC(C)Oc1cccc([C@@H](C(=O)O)N(C)Cc2ccn[nH]2)c1. The Bertz CT molecular complexity index is 611. The van der Waals surface area contributed by atoms with Crippen molar-refractivity contribution in [3.8, 4) is 5.75 Å². The Morgan fingerprint density at radius 1 is 1.41 bits per heavy atom. The zero-order valence-corrected chi connectivity index (χ0v) is 13.0. The lowest BCUT2D eigenvalue weighted by molar-refractivity contribution is -0.143. The number of aliphatic carboxylic acids is 1. The Hall–Kier alpha value is -2.34. The predicted molar refractivity (Wildman–Crippen MR) is 82.6 cm³/mol. The maximum atomic E-state index is 11.7. The molecule has 22 heavy (non-hydrogen) atoms. The number of carboxylic acid groups (broad SMARTS) is 1. The van der Waals surface area contributed by atoms with Crippen molar-refractivity contribution in [2.24, 2.45) is 0 Å². The lowest BCUT2D eigenvalue weighted by Crippen LogP contribution is -2.30. The summed E-state index contributed by atoms with van der Waals surface area (Å²) in [6.45, 7) is 4.34. The van der Waals surface area contributed by atoms with Crippen LogP contribution in [-0.4, -0.2) is 39.3 Å². The number of nitrogens with one attached hydrogen (secondary N) is 1. The lowest BCUT2D eigenvalue weighted by atomic mass is 10.1. The molecule has 2 N–H and O–H groups in total. The number of hydrogen-bond donors (Lipinski definition) is 2. The van der Waals surface area contributed by atoms with Gasteiger partial charge in [0.15, 0.2) is 0 Å². The van der Waals surface area contributed by atoms with E-state index in [1.165, 1.54) is 0 Å². The molecule has 0 bridgehead atoms. The van der Waals surface area contributed by atoms with Crippen molar-refractivity contribution in [3.05, 3.63) is 47.8 Å². The van der Waals surface area contributed by atoms with Crippen LogP contribution >= 0.6 is 0 Å². The number of likely N-dealkylation sites (N-methyl/N-ethyl adjacent to an activating group) is 1. The Morgan fingerprint density at radius 3 is 2.77 bits per heavy atom. The maximum absolute atomic E-state index is 11.7. The monoisotopic (exact) mass is 303 g/mol. The van der Waals surface area contributed by atoms with E-state index in [2.05, 4.69) is 10.2 Å². The van der Waals surface area contributed by atoms with E-state index in [1.54, 1.807) is 30.3 Å². The highest BCUT2D eigenvalue weighted by atomic mass is 16.5. The van der Waals surface area contributed by atoms with E-state index in [0.29, 0.717) is 17.9 Å². The van der Waals surface area contributed by atoms with Crippen LogP contribution in [0.1, 0.15) is 31.1 Å². The summed E-state index contributed by atoms with van der Waals surface area (Å²) >= 11 is 0. The minimum atomic E-state index is -0.899. The number of carboxylic acids is 1. The van der Waals surface area contributed by atoms with Crippen LogP contribution in [0, 0.1) is 0 Å². The van der Waals surface area contributed by atoms with Gasteiger partial charge in [-0.05, 0) is 44.7 Å².